The van der Waals surface area contributed by atoms with Gasteiger partial charge in [-0.25, -0.2) is 4.79 Å². The Morgan fingerprint density at radius 1 is 1.58 bits per heavy atom. The topological polar surface area (TPSA) is 49.4 Å². The molecule has 1 N–H and O–H groups in total. The van der Waals surface area contributed by atoms with Gasteiger partial charge in [0.1, 0.15) is 0 Å². The van der Waals surface area contributed by atoms with Crippen molar-refractivity contribution in [3.8, 4) is 0 Å². The van der Waals surface area contributed by atoms with E-state index in [1.807, 2.05) is 0 Å². The predicted octanol–water partition coefficient (Wildman–Crippen LogP) is 0.890. The minimum absolute atomic E-state index is 0.215. The van der Waals surface area contributed by atoms with Gasteiger partial charge in [0.2, 0.25) is 5.91 Å². The van der Waals surface area contributed by atoms with Gasteiger partial charge in [-0.3, -0.25) is 10.1 Å². The molecule has 0 aliphatic carbocycles. The van der Waals surface area contributed by atoms with Crippen molar-refractivity contribution in [3.05, 3.63) is 6.54 Å². The summed E-state index contributed by atoms with van der Waals surface area (Å²) in [5.41, 5.74) is 0. The largest absolute Gasteiger partial charge is 0.324 e. The third-order valence-corrected chi connectivity index (χ3v) is 1.76. The third kappa shape index (κ3) is 2.22. The van der Waals surface area contributed by atoms with Crippen molar-refractivity contribution in [3.63, 3.8) is 0 Å². The van der Waals surface area contributed by atoms with E-state index in [-0.39, 0.29) is 11.9 Å². The van der Waals surface area contributed by atoms with E-state index in [0.717, 1.165) is 12.8 Å². The molecule has 0 atom stereocenters. The van der Waals surface area contributed by atoms with Gasteiger partial charge >= 0.3 is 6.03 Å². The molecule has 1 rings (SSSR count). The van der Waals surface area contributed by atoms with Crippen LogP contribution in [0.2, 0.25) is 0 Å². The van der Waals surface area contributed by atoms with E-state index < -0.39 is 0 Å². The number of hydrogen-bond acceptors (Lipinski definition) is 2. The highest BCUT2D eigenvalue weighted by Gasteiger charge is 2.22. The fourth-order valence-corrected chi connectivity index (χ4v) is 1.04. The number of imide groups is 1. The van der Waals surface area contributed by atoms with Crippen molar-refractivity contribution in [1.82, 2.24) is 10.2 Å². The fraction of sp³-hybridized carbons (Fsp3) is 0.625. The molecule has 1 heterocycles. The van der Waals surface area contributed by atoms with Gasteiger partial charge in [-0.1, -0.05) is 13.3 Å². The van der Waals surface area contributed by atoms with Gasteiger partial charge in [0, 0.05) is 13.0 Å². The number of nitrogens with one attached hydrogen (secondary N) is 1. The summed E-state index contributed by atoms with van der Waals surface area (Å²) >= 11 is 0. The lowest BCUT2D eigenvalue weighted by atomic mass is 10.2. The number of carbonyl (C=O) groups is 2. The first-order valence-electron chi connectivity index (χ1n) is 4.18. The smallest absolute Gasteiger partial charge is 0.319 e. The van der Waals surface area contributed by atoms with Gasteiger partial charge in [-0.15, -0.1) is 0 Å². The van der Waals surface area contributed by atoms with Crippen molar-refractivity contribution in [1.29, 1.82) is 0 Å². The van der Waals surface area contributed by atoms with Crippen molar-refractivity contribution in [2.45, 2.75) is 26.2 Å². The molecule has 0 unspecified atom stereocenters. The van der Waals surface area contributed by atoms with Crippen molar-refractivity contribution in [2.75, 3.05) is 6.54 Å². The molecule has 1 aliphatic heterocycles. The standard InChI is InChI=1S/C8H13N2O2/c1-2-3-5-10-6-4-7(11)9-8(10)12/h6H,2-5H2,1H3,(H,9,11,12). The Kier molecular flexibility index (Phi) is 3.08. The van der Waals surface area contributed by atoms with Gasteiger partial charge in [0.05, 0.1) is 6.54 Å². The minimum atomic E-state index is -0.292. The van der Waals surface area contributed by atoms with Crippen LogP contribution in [0.25, 0.3) is 0 Å². The summed E-state index contributed by atoms with van der Waals surface area (Å²) in [7, 11) is 0. The molecule has 4 nitrogen and oxygen atoms in total. The number of unbranched alkanes of at least 4 members (excludes halogenated alkanes) is 1. The van der Waals surface area contributed by atoms with E-state index in [0.29, 0.717) is 13.0 Å². The summed E-state index contributed by atoms with van der Waals surface area (Å²) in [6, 6.07) is -0.292. The zero-order valence-corrected chi connectivity index (χ0v) is 7.17. The van der Waals surface area contributed by atoms with E-state index in [2.05, 4.69) is 12.2 Å². The van der Waals surface area contributed by atoms with Gasteiger partial charge in [0.15, 0.2) is 0 Å². The van der Waals surface area contributed by atoms with Gasteiger partial charge < -0.3 is 4.90 Å². The Morgan fingerprint density at radius 2 is 2.33 bits per heavy atom. The zero-order valence-electron chi connectivity index (χ0n) is 7.17. The number of carbonyl (C=O) groups excluding carboxylic acids is 2. The Morgan fingerprint density at radius 3 is 2.92 bits per heavy atom. The number of nitrogens with zero attached hydrogens (tertiary/aromatic N) is 1. The first-order chi connectivity index (χ1) is 5.74. The lowest BCUT2D eigenvalue weighted by Gasteiger charge is -2.25. The highest BCUT2D eigenvalue weighted by Crippen LogP contribution is 2.06. The Hall–Kier alpha value is -1.06. The Balaban J connectivity index is 2.35. The molecule has 1 saturated heterocycles. The zero-order chi connectivity index (χ0) is 8.97. The normalized spacial score (nSPS) is 17.9. The summed E-state index contributed by atoms with van der Waals surface area (Å²) < 4.78 is 0. The second kappa shape index (κ2) is 4.09. The fourth-order valence-electron chi connectivity index (χ4n) is 1.04. The predicted molar refractivity (Wildman–Crippen MR) is 44.1 cm³/mol. The lowest BCUT2D eigenvalue weighted by Crippen LogP contribution is -2.47. The number of rotatable bonds is 3. The second-order valence-electron chi connectivity index (χ2n) is 2.79. The molecule has 3 amide bonds. The highest BCUT2D eigenvalue weighted by molar-refractivity contribution is 5.97. The monoisotopic (exact) mass is 169 g/mol. The number of amides is 3. The molecule has 0 spiro atoms. The summed E-state index contributed by atoms with van der Waals surface area (Å²) in [6.45, 7) is 4.42. The van der Waals surface area contributed by atoms with E-state index in [1.54, 1.807) is 11.4 Å². The number of urea groups is 1. The summed E-state index contributed by atoms with van der Waals surface area (Å²) in [5.74, 6) is -0.215. The van der Waals surface area contributed by atoms with Gasteiger partial charge in [0.25, 0.3) is 0 Å². The molecular weight excluding hydrogens is 156 g/mol. The molecule has 67 valence electrons. The van der Waals surface area contributed by atoms with Crippen LogP contribution in [0, 0.1) is 6.54 Å². The lowest BCUT2D eigenvalue weighted by molar-refractivity contribution is -0.120. The van der Waals surface area contributed by atoms with Crippen LogP contribution in [0.5, 0.6) is 0 Å². The van der Waals surface area contributed by atoms with Gasteiger partial charge in [-0.2, -0.15) is 0 Å². The van der Waals surface area contributed by atoms with Crippen molar-refractivity contribution < 1.29 is 9.59 Å². The molecule has 1 fully saturated rings. The van der Waals surface area contributed by atoms with Crippen LogP contribution >= 0.6 is 0 Å². The van der Waals surface area contributed by atoms with Crippen LogP contribution in [0.1, 0.15) is 26.2 Å². The molecule has 0 aromatic rings. The molecule has 0 aromatic carbocycles. The molecule has 0 bridgehead atoms. The van der Waals surface area contributed by atoms with Crippen molar-refractivity contribution >= 4 is 11.9 Å². The summed E-state index contributed by atoms with van der Waals surface area (Å²) in [5, 5.41) is 2.26. The SMILES string of the molecule is CCCCN1[CH]CC(=O)NC1=O. The summed E-state index contributed by atoms with van der Waals surface area (Å²) in [6.07, 6.45) is 2.33. The maximum Gasteiger partial charge on any atom is 0.324 e. The Bertz CT molecular complexity index is 191. The summed E-state index contributed by atoms with van der Waals surface area (Å²) in [4.78, 5) is 23.3. The van der Waals surface area contributed by atoms with E-state index in [4.69, 9.17) is 0 Å². The molecule has 12 heavy (non-hydrogen) atoms. The number of hydrogen-bond donors (Lipinski definition) is 1. The molecule has 1 aliphatic rings. The maximum atomic E-state index is 11.1. The van der Waals surface area contributed by atoms with E-state index in [1.165, 1.54) is 0 Å². The molecular formula is C8H13N2O2. The van der Waals surface area contributed by atoms with Crippen LogP contribution < -0.4 is 5.32 Å². The molecule has 1 radical (unpaired) electrons. The Labute approximate surface area is 71.9 Å². The third-order valence-electron chi connectivity index (χ3n) is 1.76. The van der Waals surface area contributed by atoms with Crippen LogP contribution in [-0.2, 0) is 4.79 Å². The van der Waals surface area contributed by atoms with E-state index in [9.17, 15) is 9.59 Å². The first-order valence-corrected chi connectivity index (χ1v) is 4.18. The first kappa shape index (κ1) is 9.03. The average molecular weight is 169 g/mol. The quantitative estimate of drug-likeness (QED) is 0.682. The highest BCUT2D eigenvalue weighted by atomic mass is 16.2. The average Bonchev–Trinajstić information content (AvgIpc) is 2.03. The molecule has 0 aromatic heterocycles. The molecule has 0 saturated carbocycles. The minimum Gasteiger partial charge on any atom is -0.319 e. The van der Waals surface area contributed by atoms with Crippen LogP contribution in [0.3, 0.4) is 0 Å². The van der Waals surface area contributed by atoms with Gasteiger partial charge in [-0.05, 0) is 6.42 Å². The maximum absolute atomic E-state index is 11.1. The van der Waals surface area contributed by atoms with E-state index >= 15 is 0 Å². The van der Waals surface area contributed by atoms with Crippen molar-refractivity contribution in [2.24, 2.45) is 0 Å². The van der Waals surface area contributed by atoms with Crippen LogP contribution in [0.4, 0.5) is 4.79 Å². The van der Waals surface area contributed by atoms with Crippen LogP contribution in [-0.4, -0.2) is 23.4 Å². The van der Waals surface area contributed by atoms with Crippen LogP contribution in [0.15, 0.2) is 0 Å². The second-order valence-corrected chi connectivity index (χ2v) is 2.79. The molecule has 4 heteroatoms.